The Balaban J connectivity index is 2.06. The molecule has 0 fully saturated rings. The van der Waals surface area contributed by atoms with Gasteiger partial charge in [-0.05, 0) is 42.0 Å². The van der Waals surface area contributed by atoms with Crippen molar-refractivity contribution >= 4 is 16.3 Å². The molecule has 0 amide bonds. The third-order valence-electron chi connectivity index (χ3n) is 2.21. The second-order valence-corrected chi connectivity index (χ2v) is 4.48. The molecule has 2 rings (SSSR count). The molecular formula is C11H11N3O3S. The van der Waals surface area contributed by atoms with E-state index in [-0.39, 0.29) is 10.2 Å². The van der Waals surface area contributed by atoms with Gasteiger partial charge in [0.05, 0.1) is 4.92 Å². The Morgan fingerprint density at radius 3 is 2.67 bits per heavy atom. The van der Waals surface area contributed by atoms with Crippen molar-refractivity contribution in [2.45, 2.75) is 6.42 Å². The quantitative estimate of drug-likeness (QED) is 0.661. The molecule has 94 valence electrons. The lowest BCUT2D eigenvalue weighted by atomic mass is 10.1. The molecule has 6 nitrogen and oxygen atoms in total. The van der Waals surface area contributed by atoms with Gasteiger partial charge in [0.25, 0.3) is 5.19 Å². The van der Waals surface area contributed by atoms with Crippen LogP contribution in [0.3, 0.4) is 0 Å². The van der Waals surface area contributed by atoms with E-state index in [0.717, 1.165) is 23.3 Å². The van der Waals surface area contributed by atoms with Crippen LogP contribution in [0.2, 0.25) is 0 Å². The van der Waals surface area contributed by atoms with Crippen molar-refractivity contribution in [2.75, 3.05) is 6.54 Å². The van der Waals surface area contributed by atoms with Gasteiger partial charge in [-0.2, -0.15) is 0 Å². The smallest absolute Gasteiger partial charge is 0.347 e. The van der Waals surface area contributed by atoms with Crippen molar-refractivity contribution in [1.29, 1.82) is 0 Å². The molecule has 18 heavy (non-hydrogen) atoms. The highest BCUT2D eigenvalue weighted by atomic mass is 32.1. The minimum absolute atomic E-state index is 0.0373. The van der Waals surface area contributed by atoms with Crippen molar-refractivity contribution in [3.05, 3.63) is 46.1 Å². The maximum absolute atomic E-state index is 10.5. The van der Waals surface area contributed by atoms with E-state index in [1.54, 1.807) is 12.1 Å². The molecule has 0 saturated carbocycles. The van der Waals surface area contributed by atoms with Crippen LogP contribution in [-0.4, -0.2) is 16.5 Å². The fraction of sp³-hybridized carbons (Fsp3) is 0.182. The lowest BCUT2D eigenvalue weighted by Gasteiger charge is -2.02. The number of ether oxygens (including phenoxy) is 1. The Labute approximate surface area is 107 Å². The van der Waals surface area contributed by atoms with Crippen LogP contribution in [0.15, 0.2) is 30.5 Å². The van der Waals surface area contributed by atoms with Crippen LogP contribution in [0.1, 0.15) is 5.56 Å². The highest BCUT2D eigenvalue weighted by Crippen LogP contribution is 2.30. The first-order chi connectivity index (χ1) is 8.69. The van der Waals surface area contributed by atoms with Crippen LogP contribution < -0.4 is 10.5 Å². The average Bonchev–Trinajstić information content (AvgIpc) is 2.81. The fourth-order valence-corrected chi connectivity index (χ4v) is 1.98. The van der Waals surface area contributed by atoms with Crippen LogP contribution in [0.5, 0.6) is 10.9 Å². The Bertz CT molecular complexity index is 539. The highest BCUT2D eigenvalue weighted by molar-refractivity contribution is 7.16. The third kappa shape index (κ3) is 3.02. The van der Waals surface area contributed by atoms with Crippen LogP contribution in [0, 0.1) is 10.1 Å². The van der Waals surface area contributed by atoms with Gasteiger partial charge in [0.15, 0.2) is 0 Å². The molecular weight excluding hydrogens is 254 g/mol. The SMILES string of the molecule is NCCc1ccc(Oc2ncc([N+](=O)[O-])s2)cc1. The Morgan fingerprint density at radius 1 is 1.39 bits per heavy atom. The lowest BCUT2D eigenvalue weighted by Crippen LogP contribution is -2.02. The number of rotatable bonds is 5. The number of benzene rings is 1. The van der Waals surface area contributed by atoms with Gasteiger partial charge >= 0.3 is 5.00 Å². The minimum Gasteiger partial charge on any atom is -0.431 e. The molecule has 0 unspecified atom stereocenters. The predicted octanol–water partition coefficient (Wildman–Crippen LogP) is 2.34. The predicted molar refractivity (Wildman–Crippen MR) is 68.0 cm³/mol. The summed E-state index contributed by atoms with van der Waals surface area (Å²) in [4.78, 5) is 13.8. The molecule has 1 aromatic heterocycles. The third-order valence-corrected chi connectivity index (χ3v) is 3.04. The first-order valence-corrected chi connectivity index (χ1v) is 6.08. The fourth-order valence-electron chi connectivity index (χ4n) is 1.37. The summed E-state index contributed by atoms with van der Waals surface area (Å²) in [5.74, 6) is 0.597. The lowest BCUT2D eigenvalue weighted by molar-refractivity contribution is -0.380. The largest absolute Gasteiger partial charge is 0.431 e. The first-order valence-electron chi connectivity index (χ1n) is 5.26. The van der Waals surface area contributed by atoms with E-state index < -0.39 is 4.92 Å². The number of nitro groups is 1. The van der Waals surface area contributed by atoms with E-state index in [9.17, 15) is 10.1 Å². The van der Waals surface area contributed by atoms with E-state index in [1.807, 2.05) is 12.1 Å². The van der Waals surface area contributed by atoms with Crippen molar-refractivity contribution in [1.82, 2.24) is 4.98 Å². The number of thiazole rings is 1. The molecule has 0 radical (unpaired) electrons. The molecule has 0 aliphatic rings. The Morgan fingerprint density at radius 2 is 2.11 bits per heavy atom. The number of hydrogen-bond donors (Lipinski definition) is 1. The van der Waals surface area contributed by atoms with Crippen molar-refractivity contribution in [2.24, 2.45) is 5.73 Å². The monoisotopic (exact) mass is 265 g/mol. The molecule has 0 saturated heterocycles. The molecule has 0 aliphatic heterocycles. The van der Waals surface area contributed by atoms with Gasteiger partial charge in [0.1, 0.15) is 11.9 Å². The molecule has 0 bridgehead atoms. The van der Waals surface area contributed by atoms with Gasteiger partial charge in [0.2, 0.25) is 0 Å². The van der Waals surface area contributed by atoms with Crippen LogP contribution in [-0.2, 0) is 6.42 Å². The molecule has 0 spiro atoms. The summed E-state index contributed by atoms with van der Waals surface area (Å²) in [6.45, 7) is 0.596. The zero-order valence-corrected chi connectivity index (χ0v) is 10.2. The zero-order valence-electron chi connectivity index (χ0n) is 9.41. The van der Waals surface area contributed by atoms with Gasteiger partial charge in [0, 0.05) is 0 Å². The second-order valence-electron chi connectivity index (χ2n) is 3.51. The van der Waals surface area contributed by atoms with Gasteiger partial charge in [-0.15, -0.1) is 0 Å². The zero-order chi connectivity index (χ0) is 13.0. The van der Waals surface area contributed by atoms with E-state index in [0.29, 0.717) is 12.3 Å². The highest BCUT2D eigenvalue weighted by Gasteiger charge is 2.12. The van der Waals surface area contributed by atoms with Gasteiger partial charge in [-0.3, -0.25) is 10.1 Å². The second kappa shape index (κ2) is 5.56. The standard InChI is InChI=1S/C11H11N3O3S/c12-6-5-8-1-3-9(4-2-8)17-11-13-7-10(18-11)14(15)16/h1-4,7H,5-6,12H2. The van der Waals surface area contributed by atoms with E-state index in [1.165, 1.54) is 6.20 Å². The van der Waals surface area contributed by atoms with E-state index in [2.05, 4.69) is 4.98 Å². The van der Waals surface area contributed by atoms with Gasteiger partial charge in [-0.25, -0.2) is 4.98 Å². The summed E-state index contributed by atoms with van der Waals surface area (Å²) >= 11 is 0.898. The average molecular weight is 265 g/mol. The summed E-state index contributed by atoms with van der Waals surface area (Å²) in [5.41, 5.74) is 6.57. The van der Waals surface area contributed by atoms with Gasteiger partial charge < -0.3 is 10.5 Å². The number of nitrogens with zero attached hydrogens (tertiary/aromatic N) is 2. The number of nitrogens with two attached hydrogens (primary N) is 1. The first kappa shape index (κ1) is 12.5. The molecule has 1 aromatic carbocycles. The van der Waals surface area contributed by atoms with Crippen molar-refractivity contribution < 1.29 is 9.66 Å². The van der Waals surface area contributed by atoms with Crippen LogP contribution >= 0.6 is 11.3 Å². The molecule has 2 aromatic rings. The van der Waals surface area contributed by atoms with Crippen molar-refractivity contribution in [3.8, 4) is 10.9 Å². The Kier molecular flexibility index (Phi) is 3.85. The maximum atomic E-state index is 10.5. The van der Waals surface area contributed by atoms with E-state index in [4.69, 9.17) is 10.5 Å². The summed E-state index contributed by atoms with van der Waals surface area (Å²) < 4.78 is 5.41. The summed E-state index contributed by atoms with van der Waals surface area (Å²) in [5, 5.41) is 10.7. The molecule has 7 heteroatoms. The summed E-state index contributed by atoms with van der Waals surface area (Å²) in [6, 6.07) is 7.39. The summed E-state index contributed by atoms with van der Waals surface area (Å²) in [6.07, 6.45) is 1.99. The number of aromatic nitrogens is 1. The molecule has 1 heterocycles. The van der Waals surface area contributed by atoms with Gasteiger partial charge in [-0.1, -0.05) is 12.1 Å². The van der Waals surface area contributed by atoms with Crippen molar-refractivity contribution in [3.63, 3.8) is 0 Å². The maximum Gasteiger partial charge on any atom is 0.347 e. The molecule has 0 aliphatic carbocycles. The minimum atomic E-state index is -0.491. The topological polar surface area (TPSA) is 91.3 Å². The Hall–Kier alpha value is -1.99. The van der Waals surface area contributed by atoms with Crippen LogP contribution in [0.25, 0.3) is 0 Å². The van der Waals surface area contributed by atoms with Crippen LogP contribution in [0.4, 0.5) is 5.00 Å². The number of hydrogen-bond acceptors (Lipinski definition) is 6. The normalized spacial score (nSPS) is 10.3. The molecule has 2 N–H and O–H groups in total. The van der Waals surface area contributed by atoms with E-state index >= 15 is 0 Å². The summed E-state index contributed by atoms with van der Waals surface area (Å²) in [7, 11) is 0. The molecule has 0 atom stereocenters.